The van der Waals surface area contributed by atoms with E-state index in [2.05, 4.69) is 13.2 Å². The summed E-state index contributed by atoms with van der Waals surface area (Å²) in [6.07, 6.45) is 6.86. The highest BCUT2D eigenvalue weighted by Gasteiger charge is 2.80. The maximum Gasteiger partial charge on any atom is 0.312 e. The zero-order valence-corrected chi connectivity index (χ0v) is 26.8. The van der Waals surface area contributed by atoms with Crippen molar-refractivity contribution in [3.8, 4) is 0 Å². The van der Waals surface area contributed by atoms with Gasteiger partial charge in [0.25, 0.3) is 5.91 Å². The highest BCUT2D eigenvalue weighted by molar-refractivity contribution is 6.05. The van der Waals surface area contributed by atoms with Crippen LogP contribution in [-0.2, 0) is 23.9 Å². The number of amides is 2. The molecule has 236 valence electrons. The number of hydrogen-bond donors (Lipinski definition) is 1. The number of ether oxygens (including phenoxy) is 2. The van der Waals surface area contributed by atoms with Crippen molar-refractivity contribution in [2.24, 2.45) is 23.7 Å². The molecule has 8 heteroatoms. The second-order valence-electron chi connectivity index (χ2n) is 13.3. The van der Waals surface area contributed by atoms with Gasteiger partial charge in [0.15, 0.2) is 0 Å². The molecule has 3 heterocycles. The lowest BCUT2D eigenvalue weighted by molar-refractivity contribution is -0.162. The minimum atomic E-state index is -1.23. The number of aliphatic hydroxyl groups excluding tert-OH is 1. The van der Waals surface area contributed by atoms with E-state index in [1.54, 1.807) is 15.9 Å². The lowest BCUT2D eigenvalue weighted by Crippen LogP contribution is -2.59. The van der Waals surface area contributed by atoms with E-state index in [1.165, 1.54) is 0 Å². The molecule has 0 aliphatic carbocycles. The van der Waals surface area contributed by atoms with Crippen molar-refractivity contribution in [1.82, 2.24) is 4.90 Å². The fourth-order valence-electron chi connectivity index (χ4n) is 7.98. The van der Waals surface area contributed by atoms with Crippen LogP contribution in [0.4, 0.5) is 5.69 Å². The molecule has 3 aliphatic heterocycles. The third-order valence-electron chi connectivity index (χ3n) is 9.92. The zero-order valence-electron chi connectivity index (χ0n) is 26.8. The number of nitrogens with zero attached hydrogens (tertiary/aromatic N) is 2. The quantitative estimate of drug-likeness (QED) is 0.182. The van der Waals surface area contributed by atoms with Crippen LogP contribution in [0.25, 0.3) is 0 Å². The molecule has 7 atom stereocenters. The summed E-state index contributed by atoms with van der Waals surface area (Å²) in [4.78, 5) is 46.7. The Morgan fingerprint density at radius 3 is 2.47 bits per heavy atom. The Morgan fingerprint density at radius 2 is 1.88 bits per heavy atom. The molecule has 1 spiro atoms. The fourth-order valence-corrected chi connectivity index (χ4v) is 7.98. The largest absolute Gasteiger partial charge is 0.465 e. The molecule has 2 bridgehead atoms. The maximum atomic E-state index is 15.0. The van der Waals surface area contributed by atoms with Crippen molar-refractivity contribution < 1.29 is 29.0 Å². The molecular formula is C35H50N2O6. The van der Waals surface area contributed by atoms with Gasteiger partial charge in [0, 0.05) is 12.2 Å². The lowest BCUT2D eigenvalue weighted by Gasteiger charge is -2.40. The van der Waals surface area contributed by atoms with Crippen molar-refractivity contribution in [3.05, 3.63) is 54.6 Å². The number of carbonyl (C=O) groups excluding carboxylic acids is 3. The first kappa shape index (κ1) is 32.9. The van der Waals surface area contributed by atoms with Gasteiger partial charge in [-0.2, -0.15) is 0 Å². The van der Waals surface area contributed by atoms with Crippen LogP contribution in [0.3, 0.4) is 0 Å². The summed E-state index contributed by atoms with van der Waals surface area (Å²) >= 11 is 0. The van der Waals surface area contributed by atoms with Crippen LogP contribution in [0, 0.1) is 37.5 Å². The monoisotopic (exact) mass is 594 g/mol. The average molecular weight is 595 g/mol. The van der Waals surface area contributed by atoms with Crippen LogP contribution in [0.1, 0.15) is 70.9 Å². The number of fused-ring (bicyclic) bond motifs is 1. The average Bonchev–Trinajstić information content (AvgIpc) is 3.47. The van der Waals surface area contributed by atoms with Gasteiger partial charge in [-0.1, -0.05) is 51.1 Å². The number of hydrogen-bond acceptors (Lipinski definition) is 6. The smallest absolute Gasteiger partial charge is 0.312 e. The Labute approximate surface area is 257 Å². The fraction of sp³-hybridized carbons (Fsp3) is 0.629. The summed E-state index contributed by atoms with van der Waals surface area (Å²) in [5, 5.41) is 10.6. The Bertz CT molecular complexity index is 1220. The summed E-state index contributed by atoms with van der Waals surface area (Å²) in [5.41, 5.74) is 0.436. The number of rotatable bonds is 14. The molecule has 4 rings (SSSR count). The predicted molar refractivity (Wildman–Crippen MR) is 167 cm³/mol. The van der Waals surface area contributed by atoms with Crippen LogP contribution in [-0.4, -0.2) is 70.8 Å². The SMILES string of the molecule is C=CCCCCOC(=O)[C@H]1[C@H]2C(=O)N([C@@H](CO)CC(C)C)C(C(=O)N(CC=C)c3c(C)cccc3C)C23CC(C)[C@]1(C)O3. The van der Waals surface area contributed by atoms with Crippen molar-refractivity contribution in [3.63, 3.8) is 0 Å². The van der Waals surface area contributed by atoms with Crippen molar-refractivity contribution >= 4 is 23.5 Å². The molecule has 3 fully saturated rings. The summed E-state index contributed by atoms with van der Waals surface area (Å²) in [6, 6.07) is 4.25. The van der Waals surface area contributed by atoms with E-state index in [-0.39, 0.29) is 43.4 Å². The number of anilines is 1. The number of allylic oxidation sites excluding steroid dienone is 1. The summed E-state index contributed by atoms with van der Waals surface area (Å²) in [5.74, 6) is -2.74. The molecule has 0 saturated carbocycles. The molecule has 0 aromatic heterocycles. The van der Waals surface area contributed by atoms with Crippen LogP contribution in [0.15, 0.2) is 43.5 Å². The van der Waals surface area contributed by atoms with E-state index in [0.717, 1.165) is 29.7 Å². The standard InChI is InChI=1S/C35H50N2O6/c1-9-11-12-13-18-42-33(41)28-27-31(39)37(26(21-38)19-22(3)4)30(35(27)20-25(7)34(28,8)43-35)32(40)36(17-10-2)29-23(5)15-14-16-24(29)6/h9-10,14-16,22,25-28,30,38H,1-2,11-13,17-21H2,3-8H3/t25?,26-,27+,28-,30?,34+,35?/m1/s1. The molecule has 43 heavy (non-hydrogen) atoms. The Hall–Kier alpha value is -2.97. The molecule has 3 saturated heterocycles. The molecule has 3 aliphatic rings. The number of benzene rings is 1. The molecular weight excluding hydrogens is 544 g/mol. The van der Waals surface area contributed by atoms with Gasteiger partial charge in [-0.05, 0) is 75.8 Å². The van der Waals surface area contributed by atoms with Gasteiger partial charge in [0.2, 0.25) is 5.91 Å². The van der Waals surface area contributed by atoms with E-state index in [9.17, 15) is 19.5 Å². The molecule has 2 amide bonds. The summed E-state index contributed by atoms with van der Waals surface area (Å²) in [7, 11) is 0. The Morgan fingerprint density at radius 1 is 1.21 bits per heavy atom. The second kappa shape index (κ2) is 12.9. The first-order valence-corrected chi connectivity index (χ1v) is 15.8. The highest BCUT2D eigenvalue weighted by Crippen LogP contribution is 2.66. The molecule has 3 unspecified atom stereocenters. The minimum Gasteiger partial charge on any atom is -0.465 e. The third-order valence-corrected chi connectivity index (χ3v) is 9.92. The Kier molecular flexibility index (Phi) is 9.92. The zero-order chi connectivity index (χ0) is 31.7. The predicted octanol–water partition coefficient (Wildman–Crippen LogP) is 5.14. The van der Waals surface area contributed by atoms with Gasteiger partial charge in [-0.3, -0.25) is 14.4 Å². The topological polar surface area (TPSA) is 96.4 Å². The number of esters is 1. The molecule has 1 N–H and O–H groups in total. The van der Waals surface area contributed by atoms with Crippen molar-refractivity contribution in [2.45, 2.75) is 96.9 Å². The summed E-state index contributed by atoms with van der Waals surface area (Å²) in [6.45, 7) is 19.7. The number of carbonyl (C=O) groups is 3. The molecule has 1 aromatic carbocycles. The van der Waals surface area contributed by atoms with Gasteiger partial charge >= 0.3 is 5.97 Å². The summed E-state index contributed by atoms with van der Waals surface area (Å²) < 4.78 is 12.7. The van der Waals surface area contributed by atoms with E-state index in [0.29, 0.717) is 19.3 Å². The molecule has 0 radical (unpaired) electrons. The van der Waals surface area contributed by atoms with Gasteiger partial charge in [0.1, 0.15) is 17.6 Å². The highest BCUT2D eigenvalue weighted by atomic mass is 16.6. The number of para-hydroxylation sites is 1. The lowest BCUT2D eigenvalue weighted by atomic mass is 9.62. The second-order valence-corrected chi connectivity index (χ2v) is 13.3. The number of unbranched alkanes of at least 4 members (excludes halogenated alkanes) is 2. The van der Waals surface area contributed by atoms with Crippen LogP contribution < -0.4 is 4.90 Å². The molecule has 1 aromatic rings. The number of aryl methyl sites for hydroxylation is 2. The van der Waals surface area contributed by atoms with Crippen molar-refractivity contribution in [1.29, 1.82) is 0 Å². The van der Waals surface area contributed by atoms with Crippen molar-refractivity contribution in [2.75, 3.05) is 24.7 Å². The first-order valence-electron chi connectivity index (χ1n) is 15.8. The first-order chi connectivity index (χ1) is 20.4. The van der Waals surface area contributed by atoms with E-state index >= 15 is 0 Å². The van der Waals surface area contributed by atoms with Crippen LogP contribution >= 0.6 is 0 Å². The number of aliphatic hydroxyl groups is 1. The Balaban J connectivity index is 1.83. The van der Waals surface area contributed by atoms with E-state index in [1.807, 2.05) is 65.8 Å². The van der Waals surface area contributed by atoms with Gasteiger partial charge in [-0.15, -0.1) is 13.2 Å². The normalized spacial score (nSPS) is 30.0. The van der Waals surface area contributed by atoms with Gasteiger partial charge in [0.05, 0.1) is 30.8 Å². The third kappa shape index (κ3) is 5.57. The van der Waals surface area contributed by atoms with Crippen LogP contribution in [0.5, 0.6) is 0 Å². The van der Waals surface area contributed by atoms with E-state index in [4.69, 9.17) is 9.47 Å². The molecule has 8 nitrogen and oxygen atoms in total. The maximum absolute atomic E-state index is 15.0. The minimum absolute atomic E-state index is 0.101. The van der Waals surface area contributed by atoms with E-state index < -0.39 is 41.1 Å². The van der Waals surface area contributed by atoms with Gasteiger partial charge in [-0.25, -0.2) is 0 Å². The van der Waals surface area contributed by atoms with Crippen LogP contribution in [0.2, 0.25) is 0 Å². The van der Waals surface area contributed by atoms with Gasteiger partial charge < -0.3 is 24.4 Å². The number of likely N-dealkylation sites (tertiary alicyclic amines) is 1.